The molecule has 0 amide bonds. The molecule has 0 aromatic rings. The number of halogens is 1. The Labute approximate surface area is 67.8 Å². The van der Waals surface area contributed by atoms with Crippen molar-refractivity contribution in [3.05, 3.63) is 19.1 Å². The first-order chi connectivity index (χ1) is 3.93. The Balaban J connectivity index is 0.000000222. The van der Waals surface area contributed by atoms with Crippen LogP contribution in [0.3, 0.4) is 0 Å². The van der Waals surface area contributed by atoms with E-state index in [1.807, 2.05) is 6.08 Å². The molecule has 0 aromatic heterocycles. The van der Waals surface area contributed by atoms with Gasteiger partial charge in [-0.05, 0) is 0 Å². The molecule has 1 rings (SSSR count). The molecule has 0 spiro atoms. The van der Waals surface area contributed by atoms with Crippen molar-refractivity contribution >= 4 is 13.6 Å². The zero-order valence-electron chi connectivity index (χ0n) is 4.94. The molecule has 1 atom stereocenters. The molecule has 0 radical (unpaired) electrons. The minimum absolute atomic E-state index is 0.905. The average Bonchev–Trinajstić information content (AvgIpc) is 2.57. The van der Waals surface area contributed by atoms with Gasteiger partial charge in [0.25, 0.3) is 0 Å². The molecule has 1 aliphatic rings. The summed E-state index contributed by atoms with van der Waals surface area (Å²) in [6.45, 7) is 3.62. The van der Waals surface area contributed by atoms with Gasteiger partial charge >= 0.3 is 30.0 Å². The summed E-state index contributed by atoms with van der Waals surface area (Å²) in [4.78, 5) is 0. The van der Waals surface area contributed by atoms with Gasteiger partial charge < -0.3 is 6.42 Å². The van der Waals surface area contributed by atoms with E-state index in [1.165, 1.54) is 29.2 Å². The minimum atomic E-state index is 0.905. The Bertz CT molecular complexity index is 59.5. The summed E-state index contributed by atoms with van der Waals surface area (Å²) in [5.74, 6) is 0.905. The van der Waals surface area contributed by atoms with Crippen LogP contribution in [-0.2, 0) is 16.3 Å². The maximum atomic E-state index is 3.62. The molecular weight excluding hydrogens is 217 g/mol. The Morgan fingerprint density at radius 2 is 2.38 bits per heavy atom. The second-order valence-corrected chi connectivity index (χ2v) is 1.76. The molecule has 1 saturated carbocycles. The van der Waals surface area contributed by atoms with Crippen LogP contribution >= 0.6 is 13.6 Å². The van der Waals surface area contributed by atoms with E-state index in [4.69, 9.17) is 0 Å². The third kappa shape index (κ3) is 4.99. The average molecular weight is 226 g/mol. The molecule has 0 saturated heterocycles. The Morgan fingerprint density at radius 1 is 1.88 bits per heavy atom. The molecule has 0 unspecified atom stereocenters. The molecule has 42 valence electrons. The van der Waals surface area contributed by atoms with E-state index >= 15 is 0 Å². The normalized spacial score (nSPS) is 23.1. The standard InChI is InChI=1S/C6H9.BrH.Zn/c1-2-3-6-4-5-6;;/h2,4,6H,1,3,5H2;1H;/q-1;;+2/p-1/t6-;;/m1../s1. The zero-order chi connectivity index (χ0) is 6.41. The van der Waals surface area contributed by atoms with E-state index in [0.717, 1.165) is 5.92 Å². The molecule has 8 heavy (non-hydrogen) atoms. The van der Waals surface area contributed by atoms with E-state index in [2.05, 4.69) is 26.6 Å². The van der Waals surface area contributed by atoms with Gasteiger partial charge in [-0.1, -0.05) is 12.5 Å². The number of rotatable bonds is 2. The van der Waals surface area contributed by atoms with Crippen molar-refractivity contribution in [1.82, 2.24) is 0 Å². The van der Waals surface area contributed by atoms with Crippen LogP contribution < -0.4 is 0 Å². The van der Waals surface area contributed by atoms with Crippen LogP contribution in [0, 0.1) is 12.3 Å². The molecule has 1 aliphatic carbocycles. The Kier molecular flexibility index (Phi) is 6.60. The summed E-state index contributed by atoms with van der Waals surface area (Å²) in [5, 5.41) is 0. The van der Waals surface area contributed by atoms with Gasteiger partial charge in [-0.15, -0.1) is 6.58 Å². The van der Waals surface area contributed by atoms with Crippen LogP contribution in [-0.4, -0.2) is 0 Å². The van der Waals surface area contributed by atoms with Crippen LogP contribution in [0.15, 0.2) is 12.7 Å². The summed E-state index contributed by atoms with van der Waals surface area (Å²) in [7, 11) is 0. The van der Waals surface area contributed by atoms with Crippen LogP contribution in [0.25, 0.3) is 0 Å². The van der Waals surface area contributed by atoms with Gasteiger partial charge in [0.1, 0.15) is 0 Å². The van der Waals surface area contributed by atoms with Crippen LogP contribution in [0.2, 0.25) is 0 Å². The van der Waals surface area contributed by atoms with E-state index in [9.17, 15) is 0 Å². The van der Waals surface area contributed by atoms with E-state index in [0.29, 0.717) is 0 Å². The van der Waals surface area contributed by atoms with Crippen LogP contribution in [0.5, 0.6) is 0 Å². The van der Waals surface area contributed by atoms with Gasteiger partial charge in [-0.25, -0.2) is 6.42 Å². The summed E-state index contributed by atoms with van der Waals surface area (Å²) >= 11 is 4.25. The first kappa shape index (κ1) is 8.84. The monoisotopic (exact) mass is 224 g/mol. The molecule has 2 heteroatoms. The molecular formula is C6H9BrZn. The van der Waals surface area contributed by atoms with Crippen molar-refractivity contribution in [1.29, 1.82) is 0 Å². The quantitative estimate of drug-likeness (QED) is 0.386. The SMILES string of the molecule is C=CC[C@@H]1[CH-]C1.[Zn+][Br]. The molecule has 0 aliphatic heterocycles. The van der Waals surface area contributed by atoms with E-state index in [-0.39, 0.29) is 0 Å². The Morgan fingerprint density at radius 3 is 2.50 bits per heavy atom. The fraction of sp³-hybridized carbons (Fsp3) is 0.500. The summed E-state index contributed by atoms with van der Waals surface area (Å²) in [6.07, 6.45) is 6.81. The Hall–Kier alpha value is 0.843. The van der Waals surface area contributed by atoms with Crippen molar-refractivity contribution in [2.75, 3.05) is 0 Å². The van der Waals surface area contributed by atoms with Gasteiger partial charge in [-0.3, -0.25) is 0 Å². The summed E-state index contributed by atoms with van der Waals surface area (Å²) in [6, 6.07) is 0. The van der Waals surface area contributed by atoms with Crippen molar-refractivity contribution in [3.8, 4) is 0 Å². The molecule has 0 bridgehead atoms. The number of hydrogen-bond donors (Lipinski definition) is 0. The molecule has 0 N–H and O–H groups in total. The van der Waals surface area contributed by atoms with Crippen molar-refractivity contribution < 1.29 is 16.3 Å². The molecule has 0 heterocycles. The second-order valence-electron chi connectivity index (χ2n) is 1.76. The van der Waals surface area contributed by atoms with E-state index in [1.54, 1.807) is 0 Å². The molecule has 0 aromatic carbocycles. The third-order valence-corrected chi connectivity index (χ3v) is 1.04. The van der Waals surface area contributed by atoms with Crippen LogP contribution in [0.1, 0.15) is 12.8 Å². The predicted octanol–water partition coefficient (Wildman–Crippen LogP) is 2.63. The fourth-order valence-electron chi connectivity index (χ4n) is 0.503. The maximum absolute atomic E-state index is 3.62. The van der Waals surface area contributed by atoms with Crippen molar-refractivity contribution in [3.63, 3.8) is 0 Å². The topological polar surface area (TPSA) is 0 Å². The van der Waals surface area contributed by atoms with Gasteiger partial charge in [0.2, 0.25) is 0 Å². The van der Waals surface area contributed by atoms with Crippen LogP contribution in [0.4, 0.5) is 0 Å². The van der Waals surface area contributed by atoms with E-state index < -0.39 is 0 Å². The summed E-state index contributed by atoms with van der Waals surface area (Å²) < 4.78 is 0. The first-order valence-electron chi connectivity index (χ1n) is 2.64. The van der Waals surface area contributed by atoms with Gasteiger partial charge in [0.15, 0.2) is 0 Å². The van der Waals surface area contributed by atoms with Gasteiger partial charge in [0, 0.05) is 0 Å². The number of allylic oxidation sites excluding steroid dienone is 1. The fourth-order valence-corrected chi connectivity index (χ4v) is 0.503. The van der Waals surface area contributed by atoms with Crippen molar-refractivity contribution in [2.45, 2.75) is 12.8 Å². The predicted molar refractivity (Wildman–Crippen MR) is 36.1 cm³/mol. The van der Waals surface area contributed by atoms with Gasteiger partial charge in [-0.2, -0.15) is 5.92 Å². The van der Waals surface area contributed by atoms with Crippen molar-refractivity contribution in [2.24, 2.45) is 5.92 Å². The summed E-state index contributed by atoms with van der Waals surface area (Å²) in [5.41, 5.74) is 0. The third-order valence-electron chi connectivity index (χ3n) is 1.04. The molecule has 0 nitrogen and oxygen atoms in total. The number of hydrogen-bond acceptors (Lipinski definition) is 0. The second kappa shape index (κ2) is 5.97. The zero-order valence-corrected chi connectivity index (χ0v) is 9.49. The molecule has 1 fully saturated rings. The first-order valence-corrected chi connectivity index (χ1v) is 9.59. The van der Waals surface area contributed by atoms with Gasteiger partial charge in [0.05, 0.1) is 0 Å².